The number of methoxy groups -OCH3 is 1. The van der Waals surface area contributed by atoms with Crippen LogP contribution in [-0.2, 0) is 16.4 Å². The summed E-state index contributed by atoms with van der Waals surface area (Å²) in [6.07, 6.45) is 0.497. The average Bonchev–Trinajstić information content (AvgIpc) is 2.29. The van der Waals surface area contributed by atoms with Crippen molar-refractivity contribution >= 4 is 10.0 Å². The zero-order chi connectivity index (χ0) is 12.9. The third kappa shape index (κ3) is 3.42. The van der Waals surface area contributed by atoms with Crippen molar-refractivity contribution in [3.05, 3.63) is 23.8 Å². The first-order valence-corrected chi connectivity index (χ1v) is 6.90. The van der Waals surface area contributed by atoms with Gasteiger partial charge in [0.15, 0.2) is 0 Å². The number of hydrogen-bond donors (Lipinski definition) is 2. The molecule has 0 spiro atoms. The first-order chi connectivity index (χ1) is 8.05. The van der Waals surface area contributed by atoms with E-state index in [0.29, 0.717) is 30.8 Å². The van der Waals surface area contributed by atoms with Crippen molar-refractivity contribution in [2.24, 2.45) is 5.73 Å². The number of nitrogens with two attached hydrogens (primary N) is 1. The third-order valence-electron chi connectivity index (χ3n) is 2.31. The summed E-state index contributed by atoms with van der Waals surface area (Å²) in [5.41, 5.74) is 6.16. The van der Waals surface area contributed by atoms with E-state index in [2.05, 4.69) is 4.72 Å². The summed E-state index contributed by atoms with van der Waals surface area (Å²) < 4.78 is 31.4. The second kappa shape index (κ2) is 6.00. The van der Waals surface area contributed by atoms with Crippen LogP contribution in [0.15, 0.2) is 23.1 Å². The molecule has 1 aromatic carbocycles. The second-order valence-corrected chi connectivity index (χ2v) is 5.25. The fourth-order valence-corrected chi connectivity index (χ4v) is 2.85. The number of hydrogen-bond acceptors (Lipinski definition) is 4. The van der Waals surface area contributed by atoms with Crippen LogP contribution >= 0.6 is 0 Å². The predicted octanol–water partition coefficient (Wildman–Crippen LogP) is 0.495. The van der Waals surface area contributed by atoms with Gasteiger partial charge in [0.25, 0.3) is 0 Å². The lowest BCUT2D eigenvalue weighted by atomic mass is 10.1. The molecule has 0 bridgehead atoms. The topological polar surface area (TPSA) is 81.4 Å². The van der Waals surface area contributed by atoms with Crippen molar-refractivity contribution in [3.8, 4) is 5.75 Å². The van der Waals surface area contributed by atoms with E-state index in [-0.39, 0.29) is 4.90 Å². The molecule has 96 valence electrons. The molecule has 5 nitrogen and oxygen atoms in total. The molecule has 0 aliphatic heterocycles. The smallest absolute Gasteiger partial charge is 0.240 e. The highest BCUT2D eigenvalue weighted by Crippen LogP contribution is 2.21. The highest BCUT2D eigenvalue weighted by atomic mass is 32.2. The van der Waals surface area contributed by atoms with Gasteiger partial charge in [-0.1, -0.05) is 6.92 Å². The Hall–Kier alpha value is -1.11. The Morgan fingerprint density at radius 3 is 2.65 bits per heavy atom. The highest BCUT2D eigenvalue weighted by Gasteiger charge is 2.17. The molecule has 0 saturated carbocycles. The van der Waals surface area contributed by atoms with E-state index >= 15 is 0 Å². The van der Waals surface area contributed by atoms with Crippen LogP contribution in [0.25, 0.3) is 0 Å². The van der Waals surface area contributed by atoms with Crippen LogP contribution in [0.3, 0.4) is 0 Å². The lowest BCUT2D eigenvalue weighted by Gasteiger charge is -2.11. The Morgan fingerprint density at radius 2 is 2.12 bits per heavy atom. The van der Waals surface area contributed by atoms with E-state index in [1.807, 2.05) is 0 Å². The summed E-state index contributed by atoms with van der Waals surface area (Å²) in [7, 11) is -1.91. The Kier molecular flexibility index (Phi) is 4.92. The zero-order valence-corrected chi connectivity index (χ0v) is 10.9. The molecule has 0 aromatic heterocycles. The van der Waals surface area contributed by atoms with Gasteiger partial charge in [-0.2, -0.15) is 0 Å². The van der Waals surface area contributed by atoms with Crippen molar-refractivity contribution < 1.29 is 13.2 Å². The van der Waals surface area contributed by atoms with Crippen molar-refractivity contribution in [2.45, 2.75) is 18.2 Å². The molecular weight excluding hydrogens is 240 g/mol. The minimum atomic E-state index is -3.45. The van der Waals surface area contributed by atoms with Gasteiger partial charge in [0, 0.05) is 6.54 Å². The summed E-state index contributed by atoms with van der Waals surface area (Å²) in [4.78, 5) is 0.269. The predicted molar refractivity (Wildman–Crippen MR) is 66.6 cm³/mol. The second-order valence-electron chi connectivity index (χ2n) is 3.51. The van der Waals surface area contributed by atoms with Gasteiger partial charge >= 0.3 is 0 Å². The molecule has 3 N–H and O–H groups in total. The van der Waals surface area contributed by atoms with E-state index in [9.17, 15) is 8.42 Å². The summed E-state index contributed by atoms with van der Waals surface area (Å²) in [5, 5.41) is 0. The van der Waals surface area contributed by atoms with Crippen LogP contribution in [0.5, 0.6) is 5.75 Å². The van der Waals surface area contributed by atoms with Gasteiger partial charge in [-0.05, 0) is 36.7 Å². The van der Waals surface area contributed by atoms with Crippen molar-refractivity contribution in [1.82, 2.24) is 4.72 Å². The average molecular weight is 258 g/mol. The number of rotatable bonds is 6. The van der Waals surface area contributed by atoms with Crippen LogP contribution in [-0.4, -0.2) is 28.6 Å². The lowest BCUT2D eigenvalue weighted by molar-refractivity contribution is 0.413. The molecule has 0 fully saturated rings. The Labute approximate surface area is 102 Å². The van der Waals surface area contributed by atoms with Crippen molar-refractivity contribution in [3.63, 3.8) is 0 Å². The fourth-order valence-electron chi connectivity index (χ4n) is 1.56. The molecule has 1 aromatic rings. The number of ether oxygens (including phenoxy) is 1. The molecule has 0 aliphatic carbocycles. The number of sulfonamides is 1. The molecule has 0 atom stereocenters. The summed E-state index contributed by atoms with van der Waals surface area (Å²) in [5.74, 6) is 0.629. The van der Waals surface area contributed by atoms with Gasteiger partial charge < -0.3 is 10.5 Å². The number of nitrogens with one attached hydrogen (secondary N) is 1. The van der Waals surface area contributed by atoms with Gasteiger partial charge in [-0.3, -0.25) is 0 Å². The van der Waals surface area contributed by atoms with Gasteiger partial charge in [-0.15, -0.1) is 0 Å². The Balaban J connectivity index is 3.23. The van der Waals surface area contributed by atoms with Crippen molar-refractivity contribution in [2.75, 3.05) is 20.2 Å². The van der Waals surface area contributed by atoms with Crippen LogP contribution in [0, 0.1) is 0 Å². The lowest BCUT2D eigenvalue weighted by Crippen LogP contribution is -2.24. The van der Waals surface area contributed by atoms with E-state index in [1.165, 1.54) is 0 Å². The van der Waals surface area contributed by atoms with Crippen LogP contribution in [0.2, 0.25) is 0 Å². The minimum Gasteiger partial charge on any atom is -0.497 e. The largest absolute Gasteiger partial charge is 0.497 e. The molecule has 0 unspecified atom stereocenters. The SMILES string of the molecule is CCNS(=O)(=O)c1ccc(OC)cc1CCN. The van der Waals surface area contributed by atoms with E-state index < -0.39 is 10.0 Å². The minimum absolute atomic E-state index is 0.269. The maximum atomic E-state index is 11.9. The molecule has 0 radical (unpaired) electrons. The maximum Gasteiger partial charge on any atom is 0.240 e. The standard InChI is InChI=1S/C11H18N2O3S/c1-3-13-17(14,15)11-5-4-10(16-2)8-9(11)6-7-12/h4-5,8,13H,3,6-7,12H2,1-2H3. The fraction of sp³-hybridized carbons (Fsp3) is 0.455. The summed E-state index contributed by atoms with van der Waals surface area (Å²) in [6.45, 7) is 2.49. The summed E-state index contributed by atoms with van der Waals surface area (Å²) in [6, 6.07) is 4.88. The van der Waals surface area contributed by atoms with Gasteiger partial charge in [0.1, 0.15) is 5.75 Å². The maximum absolute atomic E-state index is 11.9. The van der Waals surface area contributed by atoms with Crippen LogP contribution in [0.4, 0.5) is 0 Å². The van der Waals surface area contributed by atoms with Crippen molar-refractivity contribution in [1.29, 1.82) is 0 Å². The van der Waals surface area contributed by atoms with E-state index in [0.717, 1.165) is 0 Å². The van der Waals surface area contributed by atoms with Gasteiger partial charge in [0.2, 0.25) is 10.0 Å². The van der Waals surface area contributed by atoms with E-state index in [4.69, 9.17) is 10.5 Å². The quantitative estimate of drug-likeness (QED) is 0.778. The third-order valence-corrected chi connectivity index (χ3v) is 3.95. The Bertz CT molecular complexity index is 472. The number of benzene rings is 1. The summed E-state index contributed by atoms with van der Waals surface area (Å²) >= 11 is 0. The molecule has 17 heavy (non-hydrogen) atoms. The Morgan fingerprint density at radius 1 is 1.41 bits per heavy atom. The monoisotopic (exact) mass is 258 g/mol. The highest BCUT2D eigenvalue weighted by molar-refractivity contribution is 7.89. The molecular formula is C11H18N2O3S. The van der Waals surface area contributed by atoms with Crippen LogP contribution < -0.4 is 15.2 Å². The molecule has 0 heterocycles. The first-order valence-electron chi connectivity index (χ1n) is 5.41. The van der Waals surface area contributed by atoms with Crippen LogP contribution in [0.1, 0.15) is 12.5 Å². The molecule has 0 aliphatic rings. The molecule has 1 rings (SSSR count). The zero-order valence-electron chi connectivity index (χ0n) is 10.1. The normalized spacial score (nSPS) is 11.5. The first kappa shape index (κ1) is 14.0. The molecule has 6 heteroatoms. The van der Waals surface area contributed by atoms with Gasteiger partial charge in [0.05, 0.1) is 12.0 Å². The van der Waals surface area contributed by atoms with E-state index in [1.54, 1.807) is 32.2 Å². The molecule has 0 amide bonds. The van der Waals surface area contributed by atoms with Gasteiger partial charge in [-0.25, -0.2) is 13.1 Å². The molecule has 0 saturated heterocycles.